The van der Waals surface area contributed by atoms with Crippen molar-refractivity contribution >= 4 is 44.6 Å². The molecule has 0 radical (unpaired) electrons. The highest BCUT2D eigenvalue weighted by Crippen LogP contribution is 2.48. The number of nitrogens with one attached hydrogen (secondary N) is 2. The van der Waals surface area contributed by atoms with Gasteiger partial charge in [-0.3, -0.25) is 24.0 Å². The fourth-order valence-corrected chi connectivity index (χ4v) is 9.43. The average Bonchev–Trinajstić information content (AvgIpc) is 4.03. The van der Waals surface area contributed by atoms with Gasteiger partial charge < -0.3 is 24.8 Å². The Bertz CT molecular complexity index is 2100. The highest BCUT2D eigenvalue weighted by molar-refractivity contribution is 7.91. The van der Waals surface area contributed by atoms with Gasteiger partial charge in [0.15, 0.2) is 0 Å². The molecule has 20 heteroatoms. The molecular weight excluding hydrogens is 810 g/mol. The van der Waals surface area contributed by atoms with Crippen LogP contribution in [-0.2, 0) is 24.4 Å². The number of pyridine rings is 1. The van der Waals surface area contributed by atoms with Gasteiger partial charge >= 0.3 is 12.3 Å². The van der Waals surface area contributed by atoms with Crippen molar-refractivity contribution in [2.24, 2.45) is 17.8 Å². The van der Waals surface area contributed by atoms with Crippen LogP contribution in [0, 0.1) is 17.8 Å². The molecule has 8 atom stereocenters. The van der Waals surface area contributed by atoms with Crippen LogP contribution in [0.5, 0.6) is 11.6 Å². The van der Waals surface area contributed by atoms with E-state index in [0.717, 1.165) is 11.1 Å². The Morgan fingerprint density at radius 3 is 2.44 bits per heavy atom. The number of nitrogens with zero attached hydrogens (tertiary/aromatic N) is 3. The number of hydrogen-bond acceptors (Lipinski definition) is 9. The van der Waals surface area contributed by atoms with E-state index in [4.69, 9.17) is 9.47 Å². The number of carbonyl (C=O) groups excluding carboxylic acids is 3. The number of carboxylic acid groups (broad SMARTS) is 1. The zero-order chi connectivity index (χ0) is 43.2. The smallest absolute Gasteiger partial charge is 0.408 e. The van der Waals surface area contributed by atoms with Crippen molar-refractivity contribution in [3.8, 4) is 11.6 Å². The highest BCUT2D eigenvalue weighted by Gasteiger charge is 2.63. The number of allylic oxidation sites excluding steroid dienone is 1. The molecule has 2 aliphatic heterocycles. The largest absolute Gasteiger partial charge is 0.485 e. The van der Waals surface area contributed by atoms with E-state index in [2.05, 4.69) is 15.0 Å². The van der Waals surface area contributed by atoms with E-state index in [1.165, 1.54) is 13.8 Å². The van der Waals surface area contributed by atoms with Crippen LogP contribution in [-0.4, -0.2) is 112 Å². The minimum absolute atomic E-state index is 0.00882. The first-order valence-electron chi connectivity index (χ1n) is 19.5. The molecule has 4 aliphatic rings. The summed E-state index contributed by atoms with van der Waals surface area (Å²) in [6.07, 6.45) is -4.93. The zero-order valence-corrected chi connectivity index (χ0v) is 33.7. The van der Waals surface area contributed by atoms with E-state index in [1.807, 2.05) is 6.92 Å². The molecule has 0 spiro atoms. The maximum absolute atomic E-state index is 14.9. The van der Waals surface area contributed by atoms with Crippen LogP contribution in [0.15, 0.2) is 42.6 Å². The van der Waals surface area contributed by atoms with E-state index < -0.39 is 106 Å². The molecule has 4 amide bonds. The summed E-state index contributed by atoms with van der Waals surface area (Å²) in [5, 5.41) is 13.6. The summed E-state index contributed by atoms with van der Waals surface area (Å²) in [7, 11) is -4.15. The first-order chi connectivity index (χ1) is 27.6. The topological polar surface area (TPSA) is 185 Å². The quantitative estimate of drug-likeness (QED) is 0.206. The zero-order valence-electron chi connectivity index (χ0n) is 32.9. The van der Waals surface area contributed by atoms with Gasteiger partial charge in [-0.1, -0.05) is 44.2 Å². The monoisotopic (exact) mass is 857 g/mol. The van der Waals surface area contributed by atoms with Crippen LogP contribution in [0.3, 0.4) is 0 Å². The van der Waals surface area contributed by atoms with Gasteiger partial charge in [-0.15, -0.1) is 0 Å². The second-order valence-electron chi connectivity index (χ2n) is 16.5. The van der Waals surface area contributed by atoms with Gasteiger partial charge in [-0.25, -0.2) is 27.0 Å². The maximum atomic E-state index is 14.9. The summed E-state index contributed by atoms with van der Waals surface area (Å²) < 4.78 is 108. The van der Waals surface area contributed by atoms with Crippen molar-refractivity contribution in [2.45, 2.75) is 120 Å². The molecule has 3 N–H and O–H groups in total. The van der Waals surface area contributed by atoms with Crippen LogP contribution in [0.1, 0.15) is 72.6 Å². The number of carbonyl (C=O) groups is 4. The first kappa shape index (κ1) is 43.8. The van der Waals surface area contributed by atoms with Crippen molar-refractivity contribution in [1.29, 1.82) is 0 Å². The second kappa shape index (κ2) is 16.4. The van der Waals surface area contributed by atoms with E-state index in [0.29, 0.717) is 43.4 Å². The van der Waals surface area contributed by atoms with Crippen molar-refractivity contribution in [1.82, 2.24) is 24.8 Å². The van der Waals surface area contributed by atoms with E-state index in [1.54, 1.807) is 36.4 Å². The molecule has 59 heavy (non-hydrogen) atoms. The van der Waals surface area contributed by atoms with Gasteiger partial charge in [-0.05, 0) is 70.3 Å². The summed E-state index contributed by atoms with van der Waals surface area (Å²) >= 11 is 0. The Morgan fingerprint density at radius 2 is 1.81 bits per heavy atom. The third kappa shape index (κ3) is 9.06. The number of amides is 4. The third-order valence-electron chi connectivity index (χ3n) is 12.0. The lowest BCUT2D eigenvalue weighted by molar-refractivity contribution is -0.184. The first-order valence-corrected chi connectivity index (χ1v) is 21.0. The van der Waals surface area contributed by atoms with Crippen LogP contribution >= 0.6 is 0 Å². The number of benzene rings is 1. The Hall–Kier alpha value is -4.75. The number of alkyl halides is 5. The normalized spacial score (nSPS) is 29.6. The highest BCUT2D eigenvalue weighted by atomic mass is 32.2. The SMILES string of the molecule is C[C@H]1CC/C=C\[C@@H]2C[C@@]2(C(=O)NS(=O)(=O)C2(C)CC2)NC(=O)[C@@H]2C[C@@H](Oc3ncc(OCC(F)F)c4ccccc34)CN2C(=O)[C@@H](N(C(=O)O)[C@H](C)C(F)(F)F)[C@H](C)C1. The standard InChI is InChI=1S/C39H48F5N5O9S/c1-21-9-5-6-10-24-17-38(24,35(52)47-59(55,56)37(4)13-14-37)46-32(50)28-16-25(58-33-27-12-8-7-11-26(27)29(18-45-33)57-20-30(40)41)19-48(28)34(51)31(22(2)15-21)49(36(53)54)23(3)39(42,43)44/h6-8,10-12,18,21-25,28,30-31H,5,9,13-17,19-20H2,1-4H3,(H,46,50)(H,47,52)(H,53,54)/b10-6-/t21-,22+,23+,24+,25+,28-,31-,38+/m0/s1. The number of sulfonamides is 1. The fourth-order valence-electron chi connectivity index (χ4n) is 8.11. The van der Waals surface area contributed by atoms with Crippen molar-refractivity contribution in [3.05, 3.63) is 42.6 Å². The lowest BCUT2D eigenvalue weighted by Crippen LogP contribution is -2.62. The van der Waals surface area contributed by atoms with Crippen LogP contribution < -0.4 is 19.5 Å². The number of rotatable bonds is 10. The van der Waals surface area contributed by atoms with Crippen molar-refractivity contribution in [3.63, 3.8) is 0 Å². The number of hydrogen-bond donors (Lipinski definition) is 3. The Kier molecular flexibility index (Phi) is 12.2. The van der Waals surface area contributed by atoms with E-state index >= 15 is 0 Å². The number of fused-ring (bicyclic) bond motifs is 3. The molecule has 2 aliphatic carbocycles. The molecule has 0 unspecified atom stereocenters. The molecule has 324 valence electrons. The van der Waals surface area contributed by atoms with Crippen LogP contribution in [0.4, 0.5) is 26.7 Å². The minimum Gasteiger partial charge on any atom is -0.485 e. The molecule has 0 bridgehead atoms. The summed E-state index contributed by atoms with van der Waals surface area (Å²) in [5.74, 6) is -4.91. The predicted octanol–water partition coefficient (Wildman–Crippen LogP) is 5.41. The molecule has 14 nitrogen and oxygen atoms in total. The molecule has 6 rings (SSSR count). The minimum atomic E-state index is -5.07. The molecule has 3 heterocycles. The molecule has 2 saturated carbocycles. The predicted molar refractivity (Wildman–Crippen MR) is 202 cm³/mol. The number of ether oxygens (including phenoxy) is 2. The summed E-state index contributed by atoms with van der Waals surface area (Å²) in [6.45, 7) is 4.06. The van der Waals surface area contributed by atoms with Gasteiger partial charge in [0.2, 0.25) is 27.7 Å². The lowest BCUT2D eigenvalue weighted by Gasteiger charge is -2.40. The van der Waals surface area contributed by atoms with Gasteiger partial charge in [0.1, 0.15) is 42.1 Å². The molecule has 1 aromatic carbocycles. The van der Waals surface area contributed by atoms with Gasteiger partial charge in [0, 0.05) is 23.1 Å². The third-order valence-corrected chi connectivity index (χ3v) is 14.1. The molecule has 1 aromatic heterocycles. The Balaban J connectivity index is 1.40. The van der Waals surface area contributed by atoms with Crippen LogP contribution in [0.25, 0.3) is 10.8 Å². The van der Waals surface area contributed by atoms with Gasteiger partial charge in [-0.2, -0.15) is 13.2 Å². The molecule has 2 aromatic rings. The van der Waals surface area contributed by atoms with E-state index in [-0.39, 0.29) is 41.7 Å². The molecular formula is C39H48F5N5O9S. The Labute approximate surface area is 337 Å². The number of halogens is 5. The maximum Gasteiger partial charge on any atom is 0.408 e. The van der Waals surface area contributed by atoms with Crippen molar-refractivity contribution < 1.29 is 64.1 Å². The van der Waals surface area contributed by atoms with Gasteiger partial charge in [0.05, 0.1) is 17.5 Å². The average molecular weight is 858 g/mol. The van der Waals surface area contributed by atoms with E-state index in [9.17, 15) is 54.7 Å². The Morgan fingerprint density at radius 1 is 1.14 bits per heavy atom. The summed E-state index contributed by atoms with van der Waals surface area (Å²) in [6, 6.07) is 0.278. The van der Waals surface area contributed by atoms with Crippen LogP contribution in [0.2, 0.25) is 0 Å². The second-order valence-corrected chi connectivity index (χ2v) is 18.7. The molecule has 1 saturated heterocycles. The van der Waals surface area contributed by atoms with Crippen molar-refractivity contribution in [2.75, 3.05) is 13.2 Å². The summed E-state index contributed by atoms with van der Waals surface area (Å²) in [5.41, 5.74) is -1.76. The number of aromatic nitrogens is 1. The lowest BCUT2D eigenvalue weighted by atomic mass is 9.86. The molecule has 3 fully saturated rings. The summed E-state index contributed by atoms with van der Waals surface area (Å²) in [4.78, 5) is 61.2. The fraction of sp³-hybridized carbons (Fsp3) is 0.615. The van der Waals surface area contributed by atoms with Gasteiger partial charge in [0.25, 0.3) is 12.3 Å².